The van der Waals surface area contributed by atoms with Gasteiger partial charge in [0.15, 0.2) is 17.9 Å². The topological polar surface area (TPSA) is 68.9 Å². The fraction of sp³-hybridized carbons (Fsp3) is 0.143. The number of alkyl halides is 2. The summed E-state index contributed by atoms with van der Waals surface area (Å²) in [5.74, 6) is 0.431. The highest BCUT2D eigenvalue weighted by molar-refractivity contribution is 5.97. The third-order valence-corrected chi connectivity index (χ3v) is 4.35. The predicted octanol–water partition coefficient (Wildman–Crippen LogP) is 4.52. The number of hydrogen-bond acceptors (Lipinski definition) is 5. The van der Waals surface area contributed by atoms with E-state index in [0.29, 0.717) is 28.3 Å². The van der Waals surface area contributed by atoms with Crippen molar-refractivity contribution in [3.63, 3.8) is 0 Å². The normalized spacial score (nSPS) is 11.2. The molecule has 0 aliphatic heterocycles. The van der Waals surface area contributed by atoms with Gasteiger partial charge in [-0.1, -0.05) is 24.3 Å². The van der Waals surface area contributed by atoms with Crippen molar-refractivity contribution in [1.82, 2.24) is 15.0 Å². The minimum atomic E-state index is -2.40. The summed E-state index contributed by atoms with van der Waals surface area (Å²) in [6, 6.07) is 9.95. The lowest BCUT2D eigenvalue weighted by Crippen LogP contribution is -2.06. The van der Waals surface area contributed by atoms with Crippen LogP contribution in [0.1, 0.15) is 21.6 Å². The second-order valence-corrected chi connectivity index (χ2v) is 6.35. The molecule has 140 valence electrons. The van der Waals surface area contributed by atoms with Gasteiger partial charge < -0.3 is 4.42 Å². The Morgan fingerprint density at radius 2 is 1.79 bits per heavy atom. The number of pyridine rings is 2. The Morgan fingerprint density at radius 1 is 1.00 bits per heavy atom. The smallest absolute Gasteiger partial charge is 0.242 e. The second kappa shape index (κ2) is 7.64. The molecule has 0 unspecified atom stereocenters. The van der Waals surface area contributed by atoms with Crippen molar-refractivity contribution in [2.24, 2.45) is 0 Å². The first-order valence-corrected chi connectivity index (χ1v) is 8.62. The Bertz CT molecular complexity index is 1110. The number of benzene rings is 1. The number of rotatable bonds is 6. The van der Waals surface area contributed by atoms with E-state index in [2.05, 4.69) is 15.0 Å². The summed E-state index contributed by atoms with van der Waals surface area (Å²) in [6.45, 7) is 0. The number of Topliss-reactive ketones (excluding diaryl/α,β-unsaturated/α-hetero) is 1. The molecule has 0 spiro atoms. The number of ketones is 1. The zero-order valence-electron chi connectivity index (χ0n) is 14.7. The summed E-state index contributed by atoms with van der Waals surface area (Å²) < 4.78 is 30.1. The lowest BCUT2D eigenvalue weighted by molar-refractivity contribution is 0.0992. The lowest BCUT2D eigenvalue weighted by Gasteiger charge is -2.05. The van der Waals surface area contributed by atoms with E-state index in [0.717, 1.165) is 10.8 Å². The molecule has 0 N–H and O–H groups in total. The molecular formula is C21H15F2N3O2. The molecule has 0 atom stereocenters. The third-order valence-electron chi connectivity index (χ3n) is 4.35. The van der Waals surface area contributed by atoms with E-state index >= 15 is 0 Å². The second-order valence-electron chi connectivity index (χ2n) is 6.35. The fourth-order valence-corrected chi connectivity index (χ4v) is 2.93. The number of hydrogen-bond donors (Lipinski definition) is 0. The van der Waals surface area contributed by atoms with E-state index in [1.165, 1.54) is 6.39 Å². The summed E-state index contributed by atoms with van der Waals surface area (Å²) >= 11 is 0. The molecule has 0 fully saturated rings. The molecule has 0 aliphatic rings. The van der Waals surface area contributed by atoms with Gasteiger partial charge in [0.25, 0.3) is 0 Å². The first kappa shape index (κ1) is 17.9. The SMILES string of the molecule is O=C(Cc1cc2cc(-c3cnco3)ncc2cn1)c1ccc(CC(F)F)cc1. The summed E-state index contributed by atoms with van der Waals surface area (Å²) in [5.41, 5.74) is 2.23. The van der Waals surface area contributed by atoms with Gasteiger partial charge in [-0.3, -0.25) is 14.8 Å². The molecule has 0 aliphatic carbocycles. The van der Waals surface area contributed by atoms with E-state index in [4.69, 9.17) is 4.42 Å². The molecule has 0 bridgehead atoms. The molecule has 0 saturated heterocycles. The average molecular weight is 379 g/mol. The standard InChI is InChI=1S/C21H15F2N3O2/c22-21(23)5-13-1-3-14(4-2-13)19(27)8-17-6-15-7-18(20-11-24-12-28-20)26-10-16(15)9-25-17/h1-4,6-7,9-12,21H,5,8H2. The predicted molar refractivity (Wildman–Crippen MR) is 99.2 cm³/mol. The Labute approximate surface area is 159 Å². The van der Waals surface area contributed by atoms with Gasteiger partial charge in [-0.15, -0.1) is 0 Å². The van der Waals surface area contributed by atoms with Gasteiger partial charge in [0.05, 0.1) is 12.6 Å². The van der Waals surface area contributed by atoms with Crippen molar-refractivity contribution in [1.29, 1.82) is 0 Å². The van der Waals surface area contributed by atoms with Crippen LogP contribution in [0.4, 0.5) is 8.78 Å². The van der Waals surface area contributed by atoms with Crippen molar-refractivity contribution in [3.05, 3.63) is 78.2 Å². The average Bonchev–Trinajstić information content (AvgIpc) is 3.22. The van der Waals surface area contributed by atoms with Crippen LogP contribution in [-0.4, -0.2) is 27.2 Å². The van der Waals surface area contributed by atoms with Crippen LogP contribution in [0.25, 0.3) is 22.2 Å². The Hall–Kier alpha value is -3.48. The van der Waals surface area contributed by atoms with Gasteiger partial charge in [-0.05, 0) is 23.1 Å². The monoisotopic (exact) mass is 379 g/mol. The molecule has 0 saturated carbocycles. The van der Waals surface area contributed by atoms with Crippen molar-refractivity contribution in [2.45, 2.75) is 19.3 Å². The highest BCUT2D eigenvalue weighted by Gasteiger charge is 2.11. The summed E-state index contributed by atoms with van der Waals surface area (Å²) in [7, 11) is 0. The van der Waals surface area contributed by atoms with Crippen LogP contribution in [0.2, 0.25) is 0 Å². The number of halogens is 2. The van der Waals surface area contributed by atoms with Gasteiger partial charge in [0.1, 0.15) is 5.69 Å². The molecule has 5 nitrogen and oxygen atoms in total. The Morgan fingerprint density at radius 3 is 2.50 bits per heavy atom. The van der Waals surface area contributed by atoms with Gasteiger partial charge in [-0.2, -0.15) is 0 Å². The van der Waals surface area contributed by atoms with Crippen LogP contribution >= 0.6 is 0 Å². The summed E-state index contributed by atoms with van der Waals surface area (Å²) in [4.78, 5) is 25.0. The van der Waals surface area contributed by atoms with Crippen LogP contribution in [0.5, 0.6) is 0 Å². The van der Waals surface area contributed by atoms with Crippen molar-refractivity contribution < 1.29 is 18.0 Å². The van der Waals surface area contributed by atoms with Crippen LogP contribution in [-0.2, 0) is 12.8 Å². The van der Waals surface area contributed by atoms with E-state index < -0.39 is 6.43 Å². The van der Waals surface area contributed by atoms with Crippen molar-refractivity contribution in [2.75, 3.05) is 0 Å². The number of carbonyl (C=O) groups is 1. The van der Waals surface area contributed by atoms with E-state index in [-0.39, 0.29) is 18.6 Å². The highest BCUT2D eigenvalue weighted by atomic mass is 19.3. The maximum atomic E-state index is 12.5. The summed E-state index contributed by atoms with van der Waals surface area (Å²) in [5, 5.41) is 1.72. The highest BCUT2D eigenvalue weighted by Crippen LogP contribution is 2.22. The lowest BCUT2D eigenvalue weighted by atomic mass is 10.0. The largest absolute Gasteiger partial charge is 0.442 e. The Kier molecular flexibility index (Phi) is 4.89. The van der Waals surface area contributed by atoms with Gasteiger partial charge in [0, 0.05) is 35.5 Å². The van der Waals surface area contributed by atoms with Crippen LogP contribution in [0.3, 0.4) is 0 Å². The number of aromatic nitrogens is 3. The number of nitrogens with zero attached hydrogens (tertiary/aromatic N) is 3. The quantitative estimate of drug-likeness (QED) is 0.461. The van der Waals surface area contributed by atoms with Crippen LogP contribution < -0.4 is 0 Å². The third kappa shape index (κ3) is 3.93. The van der Waals surface area contributed by atoms with Gasteiger partial charge >= 0.3 is 0 Å². The minimum Gasteiger partial charge on any atom is -0.442 e. The zero-order valence-corrected chi connectivity index (χ0v) is 14.7. The molecule has 3 aromatic heterocycles. The van der Waals surface area contributed by atoms with Crippen molar-refractivity contribution >= 4 is 16.6 Å². The first-order valence-electron chi connectivity index (χ1n) is 8.62. The maximum Gasteiger partial charge on any atom is 0.242 e. The molecule has 4 aromatic rings. The number of oxazole rings is 1. The first-order chi connectivity index (χ1) is 13.6. The minimum absolute atomic E-state index is 0.115. The molecule has 4 rings (SSSR count). The maximum absolute atomic E-state index is 12.5. The molecule has 3 heterocycles. The van der Waals surface area contributed by atoms with Crippen LogP contribution in [0.15, 0.2) is 65.8 Å². The van der Waals surface area contributed by atoms with E-state index in [1.807, 2.05) is 12.1 Å². The molecule has 0 amide bonds. The van der Waals surface area contributed by atoms with E-state index in [1.54, 1.807) is 42.9 Å². The Balaban J connectivity index is 1.54. The molecular weight excluding hydrogens is 364 g/mol. The molecule has 0 radical (unpaired) electrons. The van der Waals surface area contributed by atoms with Crippen molar-refractivity contribution in [3.8, 4) is 11.5 Å². The number of fused-ring (bicyclic) bond motifs is 1. The van der Waals surface area contributed by atoms with E-state index in [9.17, 15) is 13.6 Å². The molecule has 7 heteroatoms. The molecule has 28 heavy (non-hydrogen) atoms. The summed E-state index contributed by atoms with van der Waals surface area (Å²) in [6.07, 6.45) is 3.67. The van der Waals surface area contributed by atoms with Crippen LogP contribution in [0, 0.1) is 0 Å². The van der Waals surface area contributed by atoms with Gasteiger partial charge in [0.2, 0.25) is 6.43 Å². The van der Waals surface area contributed by atoms with Gasteiger partial charge in [-0.25, -0.2) is 13.8 Å². The number of carbonyl (C=O) groups excluding carboxylic acids is 1. The molecule has 1 aromatic carbocycles. The fourth-order valence-electron chi connectivity index (χ4n) is 2.93. The zero-order chi connectivity index (χ0) is 19.5.